The number of rotatable bonds is 2. The predicted octanol–water partition coefficient (Wildman–Crippen LogP) is 1.63. The van der Waals surface area contributed by atoms with E-state index >= 15 is 0 Å². The third-order valence-corrected chi connectivity index (χ3v) is 2.78. The van der Waals surface area contributed by atoms with Crippen LogP contribution in [0.2, 0.25) is 0 Å². The molecule has 0 amide bonds. The van der Waals surface area contributed by atoms with Gasteiger partial charge < -0.3 is 9.84 Å². The Morgan fingerprint density at radius 2 is 2.36 bits per heavy atom. The van der Waals surface area contributed by atoms with Gasteiger partial charge in [0.1, 0.15) is 29.1 Å². The Morgan fingerprint density at radius 3 is 2.64 bits per heavy atom. The highest BCUT2D eigenvalue weighted by molar-refractivity contribution is 14.1. The highest BCUT2D eigenvalue weighted by Crippen LogP contribution is 2.31. The molecule has 1 heterocycles. The van der Waals surface area contributed by atoms with Crippen LogP contribution in [0.4, 0.5) is 0 Å². The first kappa shape index (κ1) is 9.70. The topological polar surface area (TPSA) is 38.7 Å². The van der Waals surface area contributed by atoms with Gasteiger partial charge in [0, 0.05) is 6.42 Å². The van der Waals surface area contributed by atoms with E-state index in [2.05, 4.69) is 0 Å². The number of hydrogen-bond acceptors (Lipinski definition) is 3. The van der Waals surface area contributed by atoms with E-state index < -0.39 is 11.9 Å². The summed E-state index contributed by atoms with van der Waals surface area (Å²) in [7, 11) is 0. The van der Waals surface area contributed by atoms with Gasteiger partial charge >= 0.3 is 0 Å². The van der Waals surface area contributed by atoms with Gasteiger partial charge in [0.15, 0.2) is 0 Å². The molecule has 1 fully saturated rings. The van der Waals surface area contributed by atoms with E-state index in [0.717, 1.165) is 19.3 Å². The summed E-state index contributed by atoms with van der Waals surface area (Å²) in [6, 6.07) is 0. The van der Waals surface area contributed by atoms with Crippen molar-refractivity contribution in [1.29, 1.82) is 0 Å². The zero-order valence-electron chi connectivity index (χ0n) is 6.55. The summed E-state index contributed by atoms with van der Waals surface area (Å²) in [5.74, 6) is -0.737. The Labute approximate surface area is 80.8 Å². The van der Waals surface area contributed by atoms with E-state index in [1.54, 1.807) is 29.9 Å². The Hall–Kier alpha value is 0.610. The third-order valence-electron chi connectivity index (χ3n) is 2.03. The molecule has 1 aliphatic rings. The van der Waals surface area contributed by atoms with Crippen molar-refractivity contribution in [3.8, 4) is 0 Å². The van der Waals surface area contributed by atoms with Crippen LogP contribution < -0.4 is 0 Å². The Morgan fingerprint density at radius 1 is 1.64 bits per heavy atom. The lowest BCUT2D eigenvalue weighted by Gasteiger charge is -2.36. The van der Waals surface area contributed by atoms with Gasteiger partial charge in [0.05, 0.1) is 6.61 Å². The van der Waals surface area contributed by atoms with Gasteiger partial charge in [0.2, 0.25) is 5.79 Å². The first-order chi connectivity index (χ1) is 5.21. The molecule has 0 aromatic heterocycles. The maximum Gasteiger partial charge on any atom is 0.205 e. The summed E-state index contributed by atoms with van der Waals surface area (Å²) in [4.78, 5) is 0. The van der Waals surface area contributed by atoms with Crippen LogP contribution in [0.25, 0.3) is 0 Å². The fraction of sp³-hybridized carbons (Fsp3) is 1.00. The van der Waals surface area contributed by atoms with Crippen molar-refractivity contribution in [3.05, 3.63) is 0 Å². The lowest BCUT2D eigenvalue weighted by molar-refractivity contribution is -0.235. The molecule has 1 saturated heterocycles. The Balaban J connectivity index is 2.57. The molecule has 0 bridgehead atoms. The molecule has 0 aromatic rings. The van der Waals surface area contributed by atoms with Gasteiger partial charge in [-0.2, -0.15) is 0 Å². The monoisotopic (exact) mass is 272 g/mol. The van der Waals surface area contributed by atoms with Gasteiger partial charge in [-0.15, -0.1) is 0 Å². The number of ether oxygens (including phenoxy) is 1. The minimum atomic E-state index is -0.737. The van der Waals surface area contributed by atoms with Gasteiger partial charge in [0.25, 0.3) is 0 Å². The minimum Gasteiger partial charge on any atom is -0.388 e. The van der Waals surface area contributed by atoms with Crippen molar-refractivity contribution in [2.24, 2.45) is 0 Å². The summed E-state index contributed by atoms with van der Waals surface area (Å²) in [6.07, 6.45) is 2.36. The first-order valence-electron chi connectivity index (χ1n) is 3.83. The molecule has 3 nitrogen and oxygen atoms in total. The van der Waals surface area contributed by atoms with Crippen LogP contribution in [-0.2, 0) is 7.80 Å². The molecule has 0 aliphatic carbocycles. The Kier molecular flexibility index (Phi) is 3.54. The maximum absolute atomic E-state index is 9.37. The molecule has 0 spiro atoms. The summed E-state index contributed by atoms with van der Waals surface area (Å²) in [5, 5.41) is 9.37. The number of halogens is 1. The molecule has 4 heteroatoms. The lowest BCUT2D eigenvalue weighted by Crippen LogP contribution is -2.46. The average molecular weight is 272 g/mol. The van der Waals surface area contributed by atoms with E-state index in [4.69, 9.17) is 7.80 Å². The summed E-state index contributed by atoms with van der Waals surface area (Å²) >= 11 is 1.79. The normalized spacial score (nSPS) is 35.2. The van der Waals surface area contributed by atoms with E-state index in [-0.39, 0.29) is 0 Å². The smallest absolute Gasteiger partial charge is 0.205 e. The van der Waals surface area contributed by atoms with Crippen LogP contribution >= 0.6 is 23.0 Å². The van der Waals surface area contributed by atoms with E-state index in [1.165, 1.54) is 0 Å². The van der Waals surface area contributed by atoms with E-state index in [0.29, 0.717) is 6.61 Å². The second-order valence-corrected chi connectivity index (χ2v) is 3.31. The molecule has 1 N–H and O–H groups in total. The van der Waals surface area contributed by atoms with Crippen LogP contribution in [0.15, 0.2) is 0 Å². The van der Waals surface area contributed by atoms with Crippen LogP contribution in [0.1, 0.15) is 26.2 Å². The average Bonchev–Trinajstić information content (AvgIpc) is 2.05. The third kappa shape index (κ3) is 2.05. The first-order valence-corrected chi connectivity index (χ1v) is 4.71. The van der Waals surface area contributed by atoms with Crippen molar-refractivity contribution in [2.45, 2.75) is 38.1 Å². The van der Waals surface area contributed by atoms with Crippen molar-refractivity contribution in [1.82, 2.24) is 0 Å². The molecule has 66 valence electrons. The second kappa shape index (κ2) is 4.02. The van der Waals surface area contributed by atoms with Crippen LogP contribution in [0.3, 0.4) is 0 Å². The number of aliphatic hydroxyl groups is 1. The minimum absolute atomic E-state index is 0.556. The summed E-state index contributed by atoms with van der Waals surface area (Å²) in [6.45, 7) is 2.39. The fourth-order valence-corrected chi connectivity index (χ4v) is 1.96. The predicted molar refractivity (Wildman–Crippen MR) is 49.3 cm³/mol. The standard InChI is InChI=1S/C7H13IO3/c1-6(9)7(11-8)4-2-3-5-10-7/h6,9H,2-5H2,1H3. The highest BCUT2D eigenvalue weighted by atomic mass is 127. The molecule has 0 saturated carbocycles. The van der Waals surface area contributed by atoms with Gasteiger partial charge in [-0.1, -0.05) is 0 Å². The maximum atomic E-state index is 9.37. The molecule has 2 atom stereocenters. The van der Waals surface area contributed by atoms with Crippen molar-refractivity contribution >= 4 is 23.0 Å². The van der Waals surface area contributed by atoms with Gasteiger partial charge in [-0.3, -0.25) is 3.07 Å². The van der Waals surface area contributed by atoms with E-state index in [9.17, 15) is 5.11 Å². The van der Waals surface area contributed by atoms with Crippen molar-refractivity contribution < 1.29 is 12.9 Å². The summed E-state index contributed by atoms with van der Waals surface area (Å²) in [5.41, 5.74) is 0. The quantitative estimate of drug-likeness (QED) is 0.776. The van der Waals surface area contributed by atoms with Crippen molar-refractivity contribution in [3.63, 3.8) is 0 Å². The number of aliphatic hydroxyl groups excluding tert-OH is 1. The molecule has 2 unspecified atom stereocenters. The van der Waals surface area contributed by atoms with Crippen LogP contribution in [0, 0.1) is 0 Å². The van der Waals surface area contributed by atoms with Crippen LogP contribution in [-0.4, -0.2) is 23.6 Å². The fourth-order valence-electron chi connectivity index (χ4n) is 1.25. The summed E-state index contributed by atoms with van der Waals surface area (Å²) < 4.78 is 10.5. The van der Waals surface area contributed by atoms with Gasteiger partial charge in [-0.25, -0.2) is 0 Å². The molecule has 1 aliphatic heterocycles. The SMILES string of the molecule is CC(O)C1(OI)CCCCO1. The number of hydrogen-bond donors (Lipinski definition) is 1. The molecule has 0 radical (unpaired) electrons. The zero-order chi connectivity index (χ0) is 8.32. The largest absolute Gasteiger partial charge is 0.388 e. The second-order valence-electron chi connectivity index (χ2n) is 2.87. The van der Waals surface area contributed by atoms with Crippen LogP contribution in [0.5, 0.6) is 0 Å². The zero-order valence-corrected chi connectivity index (χ0v) is 8.70. The molecule has 11 heavy (non-hydrogen) atoms. The highest BCUT2D eigenvalue weighted by Gasteiger charge is 2.39. The molecular weight excluding hydrogens is 259 g/mol. The van der Waals surface area contributed by atoms with Crippen molar-refractivity contribution in [2.75, 3.05) is 6.61 Å². The Bertz CT molecular complexity index is 121. The van der Waals surface area contributed by atoms with Gasteiger partial charge in [-0.05, 0) is 19.8 Å². The lowest BCUT2D eigenvalue weighted by atomic mass is 10.0. The molecule has 1 rings (SSSR count). The van der Waals surface area contributed by atoms with E-state index in [1.807, 2.05) is 0 Å². The molecular formula is C7H13IO3. The molecule has 0 aromatic carbocycles.